The van der Waals surface area contributed by atoms with E-state index in [2.05, 4.69) is 18.7 Å². The zero-order chi connectivity index (χ0) is 12.2. The summed E-state index contributed by atoms with van der Waals surface area (Å²) in [5.41, 5.74) is 6.14. The van der Waals surface area contributed by atoms with Gasteiger partial charge in [-0.3, -0.25) is 0 Å². The summed E-state index contributed by atoms with van der Waals surface area (Å²) in [6.07, 6.45) is 3.35. The predicted octanol–water partition coefficient (Wildman–Crippen LogP) is 1.45. The Morgan fingerprint density at radius 2 is 2.25 bits per heavy atom. The van der Waals surface area contributed by atoms with Crippen molar-refractivity contribution in [3.8, 4) is 0 Å². The van der Waals surface area contributed by atoms with Crippen LogP contribution in [-0.2, 0) is 0 Å². The lowest BCUT2D eigenvalue weighted by molar-refractivity contribution is 0.118. The van der Waals surface area contributed by atoms with Crippen molar-refractivity contribution in [3.63, 3.8) is 0 Å². The number of aliphatic hydroxyl groups excluding tert-OH is 1. The summed E-state index contributed by atoms with van der Waals surface area (Å²) in [4.78, 5) is 2.47. The molecule has 96 valence electrons. The van der Waals surface area contributed by atoms with E-state index in [1.807, 2.05) is 6.92 Å². The van der Waals surface area contributed by atoms with Crippen LogP contribution in [0.5, 0.6) is 0 Å². The number of rotatable bonds is 6. The Morgan fingerprint density at radius 1 is 1.56 bits per heavy atom. The van der Waals surface area contributed by atoms with Crippen molar-refractivity contribution in [2.24, 2.45) is 17.1 Å². The minimum Gasteiger partial charge on any atom is -0.393 e. The van der Waals surface area contributed by atoms with Crippen LogP contribution >= 0.6 is 0 Å². The number of hydrogen-bond acceptors (Lipinski definition) is 3. The van der Waals surface area contributed by atoms with E-state index in [1.165, 1.54) is 12.8 Å². The SMILES string of the molecule is CCCC(C)(CN)CN1CCC(C(C)O)C1. The lowest BCUT2D eigenvalue weighted by Crippen LogP contribution is -2.40. The third-order valence-electron chi connectivity index (χ3n) is 3.94. The van der Waals surface area contributed by atoms with Crippen molar-refractivity contribution in [1.82, 2.24) is 4.90 Å². The van der Waals surface area contributed by atoms with Gasteiger partial charge >= 0.3 is 0 Å². The van der Waals surface area contributed by atoms with Crippen LogP contribution in [0.4, 0.5) is 0 Å². The number of hydrogen-bond donors (Lipinski definition) is 2. The largest absolute Gasteiger partial charge is 0.393 e. The Hall–Kier alpha value is -0.120. The molecule has 0 radical (unpaired) electrons. The van der Waals surface area contributed by atoms with Gasteiger partial charge < -0.3 is 15.7 Å². The molecule has 3 heteroatoms. The Balaban J connectivity index is 2.42. The maximum Gasteiger partial charge on any atom is 0.0552 e. The summed E-state index contributed by atoms with van der Waals surface area (Å²) < 4.78 is 0. The van der Waals surface area contributed by atoms with Crippen molar-refractivity contribution >= 4 is 0 Å². The fourth-order valence-electron chi connectivity index (χ4n) is 2.79. The van der Waals surface area contributed by atoms with Crippen LogP contribution in [0.1, 0.15) is 40.0 Å². The average molecular weight is 228 g/mol. The summed E-state index contributed by atoms with van der Waals surface area (Å²) in [7, 11) is 0. The van der Waals surface area contributed by atoms with Crippen molar-refractivity contribution in [2.75, 3.05) is 26.2 Å². The maximum atomic E-state index is 9.58. The van der Waals surface area contributed by atoms with Crippen LogP contribution in [0.3, 0.4) is 0 Å². The molecule has 1 saturated heterocycles. The molecule has 1 heterocycles. The van der Waals surface area contributed by atoms with Gasteiger partial charge in [-0.15, -0.1) is 0 Å². The summed E-state index contributed by atoms with van der Waals surface area (Å²) in [6, 6.07) is 0. The minimum atomic E-state index is -0.166. The van der Waals surface area contributed by atoms with E-state index < -0.39 is 0 Å². The first-order chi connectivity index (χ1) is 7.50. The van der Waals surface area contributed by atoms with Gasteiger partial charge in [0.25, 0.3) is 0 Å². The van der Waals surface area contributed by atoms with Gasteiger partial charge in [-0.1, -0.05) is 20.3 Å². The maximum absolute atomic E-state index is 9.58. The topological polar surface area (TPSA) is 49.5 Å². The van der Waals surface area contributed by atoms with E-state index in [4.69, 9.17) is 5.73 Å². The number of nitrogens with zero attached hydrogens (tertiary/aromatic N) is 1. The second kappa shape index (κ2) is 5.99. The fourth-order valence-corrected chi connectivity index (χ4v) is 2.79. The first kappa shape index (κ1) is 13.9. The molecule has 0 spiro atoms. The second-order valence-electron chi connectivity index (χ2n) is 5.79. The Labute approximate surface area is 100 Å². The highest BCUT2D eigenvalue weighted by Gasteiger charge is 2.31. The van der Waals surface area contributed by atoms with Gasteiger partial charge in [0.1, 0.15) is 0 Å². The van der Waals surface area contributed by atoms with Crippen LogP contribution in [0, 0.1) is 11.3 Å². The van der Waals surface area contributed by atoms with E-state index >= 15 is 0 Å². The van der Waals surface area contributed by atoms with Crippen molar-refractivity contribution in [1.29, 1.82) is 0 Å². The highest BCUT2D eigenvalue weighted by atomic mass is 16.3. The Kier molecular flexibility index (Phi) is 5.22. The van der Waals surface area contributed by atoms with Gasteiger partial charge in [0, 0.05) is 13.1 Å². The quantitative estimate of drug-likeness (QED) is 0.723. The third-order valence-corrected chi connectivity index (χ3v) is 3.94. The third kappa shape index (κ3) is 3.72. The molecule has 1 aliphatic heterocycles. The first-order valence-corrected chi connectivity index (χ1v) is 6.61. The van der Waals surface area contributed by atoms with Crippen molar-refractivity contribution in [2.45, 2.75) is 46.1 Å². The zero-order valence-electron chi connectivity index (χ0n) is 11.1. The molecule has 16 heavy (non-hydrogen) atoms. The summed E-state index contributed by atoms with van der Waals surface area (Å²) in [5, 5.41) is 9.58. The Bertz CT molecular complexity index is 208. The highest BCUT2D eigenvalue weighted by Crippen LogP contribution is 2.27. The van der Waals surface area contributed by atoms with Crippen LogP contribution in [0.25, 0.3) is 0 Å². The molecule has 0 bridgehead atoms. The van der Waals surface area contributed by atoms with Crippen LogP contribution in [0.2, 0.25) is 0 Å². The van der Waals surface area contributed by atoms with E-state index in [0.29, 0.717) is 5.92 Å². The van der Waals surface area contributed by atoms with Crippen LogP contribution < -0.4 is 5.73 Å². The lowest BCUT2D eigenvalue weighted by atomic mass is 9.85. The molecule has 3 nitrogen and oxygen atoms in total. The van der Waals surface area contributed by atoms with Gasteiger partial charge in [0.15, 0.2) is 0 Å². The van der Waals surface area contributed by atoms with Gasteiger partial charge in [0.2, 0.25) is 0 Å². The van der Waals surface area contributed by atoms with Gasteiger partial charge in [0.05, 0.1) is 6.10 Å². The zero-order valence-corrected chi connectivity index (χ0v) is 11.1. The van der Waals surface area contributed by atoms with Gasteiger partial charge in [-0.2, -0.15) is 0 Å². The standard InChI is InChI=1S/C13H28N2O/c1-4-6-13(3,9-14)10-15-7-5-12(8-15)11(2)16/h11-12,16H,4-10,14H2,1-3H3. The minimum absolute atomic E-state index is 0.166. The molecule has 1 aliphatic rings. The Morgan fingerprint density at radius 3 is 2.69 bits per heavy atom. The second-order valence-corrected chi connectivity index (χ2v) is 5.79. The lowest BCUT2D eigenvalue weighted by Gasteiger charge is -2.32. The first-order valence-electron chi connectivity index (χ1n) is 6.61. The van der Waals surface area contributed by atoms with E-state index in [0.717, 1.165) is 32.6 Å². The molecule has 3 atom stereocenters. The van der Waals surface area contributed by atoms with E-state index in [9.17, 15) is 5.11 Å². The molecule has 0 saturated carbocycles. The molecular formula is C13H28N2O. The monoisotopic (exact) mass is 228 g/mol. The molecule has 0 aromatic carbocycles. The smallest absolute Gasteiger partial charge is 0.0552 e. The van der Waals surface area contributed by atoms with Crippen LogP contribution in [0.15, 0.2) is 0 Å². The molecule has 0 aromatic heterocycles. The van der Waals surface area contributed by atoms with Crippen LogP contribution in [-0.4, -0.2) is 42.3 Å². The molecule has 1 rings (SSSR count). The molecule has 0 aromatic rings. The number of nitrogens with two attached hydrogens (primary N) is 1. The van der Waals surface area contributed by atoms with Gasteiger partial charge in [-0.05, 0) is 44.2 Å². The molecule has 3 unspecified atom stereocenters. The number of likely N-dealkylation sites (tertiary alicyclic amines) is 1. The average Bonchev–Trinajstić information content (AvgIpc) is 2.66. The molecule has 0 aliphatic carbocycles. The predicted molar refractivity (Wildman–Crippen MR) is 68.3 cm³/mol. The molecule has 1 fully saturated rings. The van der Waals surface area contributed by atoms with E-state index in [1.54, 1.807) is 0 Å². The highest BCUT2D eigenvalue weighted by molar-refractivity contribution is 4.85. The number of aliphatic hydroxyl groups is 1. The summed E-state index contributed by atoms with van der Waals surface area (Å²) in [6.45, 7) is 10.4. The van der Waals surface area contributed by atoms with E-state index in [-0.39, 0.29) is 11.5 Å². The molecule has 0 amide bonds. The summed E-state index contributed by atoms with van der Waals surface area (Å²) in [5.74, 6) is 0.462. The summed E-state index contributed by atoms with van der Waals surface area (Å²) >= 11 is 0. The molecule has 3 N–H and O–H groups in total. The fraction of sp³-hybridized carbons (Fsp3) is 1.00. The normalized spacial score (nSPS) is 27.9. The molecular weight excluding hydrogens is 200 g/mol. The van der Waals surface area contributed by atoms with Crippen molar-refractivity contribution < 1.29 is 5.11 Å². The van der Waals surface area contributed by atoms with Crippen molar-refractivity contribution in [3.05, 3.63) is 0 Å². The van der Waals surface area contributed by atoms with Gasteiger partial charge in [-0.25, -0.2) is 0 Å².